The fraction of sp³-hybridized carbons (Fsp3) is 0.263. The molecule has 2 N–H and O–H groups in total. The molecule has 1 amide bonds. The Kier molecular flexibility index (Phi) is 4.01. The van der Waals surface area contributed by atoms with Crippen LogP contribution in [-0.2, 0) is 4.79 Å². The van der Waals surface area contributed by atoms with Crippen molar-refractivity contribution < 1.29 is 9.53 Å². The largest absolute Gasteiger partial charge is 0.439 e. The summed E-state index contributed by atoms with van der Waals surface area (Å²) in [6, 6.07) is 13.2. The van der Waals surface area contributed by atoms with Gasteiger partial charge in [0, 0.05) is 18.7 Å². The van der Waals surface area contributed by atoms with Gasteiger partial charge in [-0.25, -0.2) is 4.98 Å². The summed E-state index contributed by atoms with van der Waals surface area (Å²) in [5.41, 5.74) is 0.686. The number of rotatable bonds is 4. The van der Waals surface area contributed by atoms with Crippen molar-refractivity contribution in [3.05, 3.63) is 60.8 Å². The second kappa shape index (κ2) is 6.45. The molecule has 2 aromatic rings. The maximum absolute atomic E-state index is 12.5. The predicted octanol–water partition coefficient (Wildman–Crippen LogP) is 2.98. The molecule has 3 unspecified atom stereocenters. The van der Waals surface area contributed by atoms with Gasteiger partial charge in [0.25, 0.3) is 0 Å². The van der Waals surface area contributed by atoms with Crippen molar-refractivity contribution in [2.45, 2.75) is 12.5 Å². The second-order valence-corrected chi connectivity index (χ2v) is 6.21. The summed E-state index contributed by atoms with van der Waals surface area (Å²) >= 11 is 0. The summed E-state index contributed by atoms with van der Waals surface area (Å²) < 4.78 is 5.65. The van der Waals surface area contributed by atoms with Crippen LogP contribution in [-0.4, -0.2) is 23.5 Å². The second-order valence-electron chi connectivity index (χ2n) is 6.21. The third kappa shape index (κ3) is 3.16. The van der Waals surface area contributed by atoms with Gasteiger partial charge in [-0.3, -0.25) is 4.79 Å². The van der Waals surface area contributed by atoms with Crippen LogP contribution in [0, 0.1) is 11.8 Å². The molecule has 24 heavy (non-hydrogen) atoms. The molecule has 3 heterocycles. The molecule has 0 spiro atoms. The van der Waals surface area contributed by atoms with Crippen molar-refractivity contribution in [3.63, 3.8) is 0 Å². The van der Waals surface area contributed by atoms with Crippen LogP contribution in [0.1, 0.15) is 6.42 Å². The van der Waals surface area contributed by atoms with E-state index in [2.05, 4.69) is 27.8 Å². The lowest BCUT2D eigenvalue weighted by Crippen LogP contribution is -2.51. The van der Waals surface area contributed by atoms with Gasteiger partial charge in [-0.1, -0.05) is 30.4 Å². The predicted molar refractivity (Wildman–Crippen MR) is 91.9 cm³/mol. The van der Waals surface area contributed by atoms with E-state index in [0.29, 0.717) is 17.5 Å². The van der Waals surface area contributed by atoms with Crippen molar-refractivity contribution in [2.75, 3.05) is 11.9 Å². The zero-order chi connectivity index (χ0) is 16.4. The average Bonchev–Trinajstić information content (AvgIpc) is 2.65. The van der Waals surface area contributed by atoms with Crippen LogP contribution in [0.15, 0.2) is 60.8 Å². The van der Waals surface area contributed by atoms with Gasteiger partial charge >= 0.3 is 0 Å². The monoisotopic (exact) mass is 321 g/mol. The summed E-state index contributed by atoms with van der Waals surface area (Å²) in [5, 5.41) is 6.35. The Morgan fingerprint density at radius 2 is 2.04 bits per heavy atom. The molecule has 122 valence electrons. The molecule has 1 saturated heterocycles. The van der Waals surface area contributed by atoms with Crippen molar-refractivity contribution in [2.24, 2.45) is 11.8 Å². The third-order valence-electron chi connectivity index (χ3n) is 4.50. The first-order chi connectivity index (χ1) is 11.8. The van der Waals surface area contributed by atoms with Crippen LogP contribution in [0.2, 0.25) is 0 Å². The number of fused-ring (bicyclic) bond motifs is 2. The van der Waals surface area contributed by atoms with Crippen molar-refractivity contribution in [3.8, 4) is 11.6 Å². The number of nitrogens with zero attached hydrogens (tertiary/aromatic N) is 1. The highest BCUT2D eigenvalue weighted by Crippen LogP contribution is 2.29. The van der Waals surface area contributed by atoms with Crippen molar-refractivity contribution in [1.82, 2.24) is 10.3 Å². The minimum absolute atomic E-state index is 0.0194. The first-order valence-electron chi connectivity index (χ1n) is 8.19. The third-order valence-corrected chi connectivity index (χ3v) is 4.50. The number of nitrogens with one attached hydrogen (secondary N) is 2. The Hall–Kier alpha value is -2.66. The fourth-order valence-corrected chi connectivity index (χ4v) is 3.24. The van der Waals surface area contributed by atoms with E-state index in [1.54, 1.807) is 12.3 Å². The Labute approximate surface area is 140 Å². The maximum Gasteiger partial charge on any atom is 0.229 e. The molecular formula is C19H19N3O2. The van der Waals surface area contributed by atoms with Crippen LogP contribution < -0.4 is 15.4 Å². The Morgan fingerprint density at radius 1 is 1.17 bits per heavy atom. The van der Waals surface area contributed by atoms with Gasteiger partial charge in [0.1, 0.15) is 5.75 Å². The van der Waals surface area contributed by atoms with E-state index < -0.39 is 0 Å². The highest BCUT2D eigenvalue weighted by Gasteiger charge is 2.36. The molecular weight excluding hydrogens is 302 g/mol. The summed E-state index contributed by atoms with van der Waals surface area (Å²) in [6.45, 7) is 0.970. The highest BCUT2D eigenvalue weighted by atomic mass is 16.5. The maximum atomic E-state index is 12.5. The number of amides is 1. The van der Waals surface area contributed by atoms with E-state index in [1.807, 2.05) is 36.4 Å². The van der Waals surface area contributed by atoms with Crippen LogP contribution in [0.5, 0.6) is 11.6 Å². The smallest absolute Gasteiger partial charge is 0.229 e. The SMILES string of the molecule is O=C(Nc1ccc(Oc2ccccc2)nc1)C1CC2C=CC1NC2. The van der Waals surface area contributed by atoms with Gasteiger partial charge in [-0.2, -0.15) is 0 Å². The molecule has 3 atom stereocenters. The number of anilines is 1. The van der Waals surface area contributed by atoms with E-state index in [4.69, 9.17) is 4.74 Å². The molecule has 1 aliphatic carbocycles. The van der Waals surface area contributed by atoms with Gasteiger partial charge < -0.3 is 15.4 Å². The lowest BCUT2D eigenvalue weighted by Gasteiger charge is -2.37. The van der Waals surface area contributed by atoms with Crippen molar-refractivity contribution in [1.29, 1.82) is 0 Å². The molecule has 1 aromatic heterocycles. The molecule has 3 aliphatic rings. The number of carbonyl (C=O) groups is 1. The van der Waals surface area contributed by atoms with E-state index in [9.17, 15) is 4.79 Å². The molecule has 5 nitrogen and oxygen atoms in total. The molecule has 0 radical (unpaired) electrons. The Balaban J connectivity index is 1.39. The van der Waals surface area contributed by atoms with Crippen molar-refractivity contribution >= 4 is 11.6 Å². The number of benzene rings is 1. The average molecular weight is 321 g/mol. The van der Waals surface area contributed by atoms with Gasteiger partial charge in [0.05, 0.1) is 17.8 Å². The summed E-state index contributed by atoms with van der Waals surface area (Å²) in [4.78, 5) is 16.7. The standard InChI is InChI=1S/C19H19N3O2/c23-19(16-10-13-6-8-17(16)20-11-13)22-14-7-9-18(21-12-14)24-15-4-2-1-3-5-15/h1-9,12-13,16-17,20H,10-11H2,(H,22,23). The highest BCUT2D eigenvalue weighted by molar-refractivity contribution is 5.93. The number of piperidine rings is 1. The zero-order valence-electron chi connectivity index (χ0n) is 13.2. The van der Waals surface area contributed by atoms with Gasteiger partial charge in [-0.15, -0.1) is 0 Å². The molecule has 5 rings (SSSR count). The molecule has 2 aliphatic heterocycles. The van der Waals surface area contributed by atoms with Gasteiger partial charge in [0.15, 0.2) is 0 Å². The van der Waals surface area contributed by atoms with Crippen LogP contribution in [0.4, 0.5) is 5.69 Å². The number of aromatic nitrogens is 1. The fourth-order valence-electron chi connectivity index (χ4n) is 3.24. The molecule has 0 saturated carbocycles. The quantitative estimate of drug-likeness (QED) is 0.850. The van der Waals surface area contributed by atoms with E-state index in [1.165, 1.54) is 0 Å². The molecule has 1 aromatic carbocycles. The first-order valence-corrected chi connectivity index (χ1v) is 8.19. The molecule has 2 bridgehead atoms. The number of hydrogen-bond donors (Lipinski definition) is 2. The normalized spacial score (nSPS) is 24.6. The Morgan fingerprint density at radius 3 is 2.67 bits per heavy atom. The van der Waals surface area contributed by atoms with E-state index in [-0.39, 0.29) is 17.9 Å². The van der Waals surface area contributed by atoms with Gasteiger partial charge in [0.2, 0.25) is 11.8 Å². The lowest BCUT2D eigenvalue weighted by molar-refractivity contribution is -0.121. The summed E-state index contributed by atoms with van der Waals surface area (Å²) in [7, 11) is 0. The minimum Gasteiger partial charge on any atom is -0.439 e. The first kappa shape index (κ1) is 14.9. The number of carbonyl (C=O) groups excluding carboxylic acids is 1. The van der Waals surface area contributed by atoms with Crippen LogP contribution >= 0.6 is 0 Å². The molecule has 5 heteroatoms. The topological polar surface area (TPSA) is 63.2 Å². The van der Waals surface area contributed by atoms with E-state index >= 15 is 0 Å². The number of para-hydroxylation sites is 1. The molecule has 1 fully saturated rings. The van der Waals surface area contributed by atoms with Gasteiger partial charge in [-0.05, 0) is 30.5 Å². The number of hydrogen-bond acceptors (Lipinski definition) is 4. The number of ether oxygens (including phenoxy) is 1. The Bertz CT molecular complexity index is 743. The summed E-state index contributed by atoms with van der Waals surface area (Å²) in [5.74, 6) is 1.72. The summed E-state index contributed by atoms with van der Waals surface area (Å²) in [6.07, 6.45) is 6.85. The zero-order valence-corrected chi connectivity index (χ0v) is 13.2. The van der Waals surface area contributed by atoms with E-state index in [0.717, 1.165) is 18.7 Å². The minimum atomic E-state index is -0.0194. The lowest BCUT2D eigenvalue weighted by atomic mass is 9.78. The number of pyridine rings is 1. The van der Waals surface area contributed by atoms with Crippen LogP contribution in [0.3, 0.4) is 0 Å². The van der Waals surface area contributed by atoms with Crippen LogP contribution in [0.25, 0.3) is 0 Å².